The first-order valence-corrected chi connectivity index (χ1v) is 9.64. The van der Waals surface area contributed by atoms with E-state index in [2.05, 4.69) is 46.3 Å². The first-order chi connectivity index (χ1) is 14.6. The molecule has 3 aromatic heterocycles. The van der Waals surface area contributed by atoms with E-state index in [1.54, 1.807) is 24.4 Å². The van der Waals surface area contributed by atoms with Gasteiger partial charge in [0.2, 0.25) is 0 Å². The second-order valence-corrected chi connectivity index (χ2v) is 8.19. The number of aromatic nitrogens is 4. The van der Waals surface area contributed by atoms with Crippen LogP contribution in [0.2, 0.25) is 0 Å². The highest BCUT2D eigenvalue weighted by molar-refractivity contribution is 5.94. The SMILES string of the molecule is CC(C)(C)c1ccc(Nc2cnnc3cc(-c4ncccc4C(F)(F)F)ccc23)nc1. The van der Waals surface area contributed by atoms with Gasteiger partial charge in [-0.15, -0.1) is 0 Å². The number of pyridine rings is 2. The summed E-state index contributed by atoms with van der Waals surface area (Å²) in [6.07, 6.45) is 0.212. The zero-order valence-corrected chi connectivity index (χ0v) is 17.2. The monoisotopic (exact) mass is 423 g/mol. The third-order valence-electron chi connectivity index (χ3n) is 4.92. The molecule has 0 fully saturated rings. The molecule has 8 heteroatoms. The minimum atomic E-state index is -4.50. The minimum Gasteiger partial charge on any atom is -0.338 e. The molecule has 3 heterocycles. The third-order valence-corrected chi connectivity index (χ3v) is 4.92. The quantitative estimate of drug-likeness (QED) is 0.428. The molecular formula is C23H20F3N5. The first-order valence-electron chi connectivity index (χ1n) is 9.64. The van der Waals surface area contributed by atoms with E-state index in [4.69, 9.17) is 0 Å². The predicted octanol–water partition coefficient (Wildman–Crippen LogP) is 6.15. The molecule has 0 radical (unpaired) electrons. The highest BCUT2D eigenvalue weighted by atomic mass is 19.4. The lowest BCUT2D eigenvalue weighted by Crippen LogP contribution is -2.11. The normalized spacial score (nSPS) is 12.2. The van der Waals surface area contributed by atoms with Crippen molar-refractivity contribution in [2.75, 3.05) is 5.32 Å². The number of fused-ring (bicyclic) bond motifs is 1. The molecule has 0 saturated heterocycles. The number of hydrogen-bond donors (Lipinski definition) is 1. The highest BCUT2D eigenvalue weighted by Crippen LogP contribution is 2.37. The number of nitrogens with one attached hydrogen (secondary N) is 1. The average Bonchev–Trinajstić information content (AvgIpc) is 2.73. The van der Waals surface area contributed by atoms with Crippen molar-refractivity contribution in [2.24, 2.45) is 0 Å². The second kappa shape index (κ2) is 7.61. The van der Waals surface area contributed by atoms with Gasteiger partial charge in [-0.25, -0.2) is 4.98 Å². The van der Waals surface area contributed by atoms with E-state index >= 15 is 0 Å². The molecule has 1 aromatic carbocycles. The van der Waals surface area contributed by atoms with Crippen LogP contribution in [0.25, 0.3) is 22.2 Å². The van der Waals surface area contributed by atoms with Gasteiger partial charge in [-0.05, 0) is 41.3 Å². The molecule has 4 rings (SSSR count). The minimum absolute atomic E-state index is 0.00636. The molecule has 0 bridgehead atoms. The van der Waals surface area contributed by atoms with Crippen molar-refractivity contribution >= 4 is 22.4 Å². The average molecular weight is 423 g/mol. The van der Waals surface area contributed by atoms with Crippen molar-refractivity contribution in [1.29, 1.82) is 0 Å². The van der Waals surface area contributed by atoms with Crippen LogP contribution in [0.3, 0.4) is 0 Å². The van der Waals surface area contributed by atoms with E-state index < -0.39 is 11.7 Å². The van der Waals surface area contributed by atoms with E-state index in [1.807, 2.05) is 18.3 Å². The smallest absolute Gasteiger partial charge is 0.338 e. The molecule has 158 valence electrons. The van der Waals surface area contributed by atoms with Gasteiger partial charge >= 0.3 is 6.18 Å². The van der Waals surface area contributed by atoms with Crippen LogP contribution >= 0.6 is 0 Å². The molecular weight excluding hydrogens is 403 g/mol. The Morgan fingerprint density at radius 3 is 2.39 bits per heavy atom. The zero-order valence-electron chi connectivity index (χ0n) is 17.2. The second-order valence-electron chi connectivity index (χ2n) is 8.19. The Bertz CT molecular complexity index is 1230. The Labute approximate surface area is 177 Å². The fraction of sp³-hybridized carbons (Fsp3) is 0.217. The van der Waals surface area contributed by atoms with Crippen LogP contribution in [-0.4, -0.2) is 20.2 Å². The lowest BCUT2D eigenvalue weighted by Gasteiger charge is -2.18. The number of nitrogens with zero attached hydrogens (tertiary/aromatic N) is 4. The summed E-state index contributed by atoms with van der Waals surface area (Å²) in [6, 6.07) is 11.0. The molecule has 1 N–H and O–H groups in total. The molecule has 0 aliphatic heterocycles. The summed E-state index contributed by atoms with van der Waals surface area (Å²) in [5.41, 5.74) is 1.59. The van der Waals surface area contributed by atoms with Crippen LogP contribution in [0.5, 0.6) is 0 Å². The summed E-state index contributed by atoms with van der Waals surface area (Å²) in [4.78, 5) is 8.40. The van der Waals surface area contributed by atoms with Gasteiger partial charge < -0.3 is 5.32 Å². The number of alkyl halides is 3. The van der Waals surface area contributed by atoms with Gasteiger partial charge in [0.25, 0.3) is 0 Å². The Kier molecular flexibility index (Phi) is 5.08. The van der Waals surface area contributed by atoms with Crippen molar-refractivity contribution in [3.63, 3.8) is 0 Å². The Hall–Kier alpha value is -3.55. The van der Waals surface area contributed by atoms with Gasteiger partial charge in [0.05, 0.1) is 28.7 Å². The summed E-state index contributed by atoms with van der Waals surface area (Å²) >= 11 is 0. The molecule has 0 aliphatic carbocycles. The first kappa shape index (κ1) is 20.7. The highest BCUT2D eigenvalue weighted by Gasteiger charge is 2.34. The van der Waals surface area contributed by atoms with Crippen molar-refractivity contribution < 1.29 is 13.2 Å². The lowest BCUT2D eigenvalue weighted by atomic mass is 9.88. The van der Waals surface area contributed by atoms with Crippen LogP contribution in [0.1, 0.15) is 31.9 Å². The van der Waals surface area contributed by atoms with Crippen molar-refractivity contribution in [1.82, 2.24) is 20.2 Å². The largest absolute Gasteiger partial charge is 0.418 e. The maximum Gasteiger partial charge on any atom is 0.418 e. The molecule has 4 aromatic rings. The van der Waals surface area contributed by atoms with Crippen LogP contribution in [0.4, 0.5) is 24.7 Å². The van der Waals surface area contributed by atoms with Gasteiger partial charge in [0.15, 0.2) is 0 Å². The van der Waals surface area contributed by atoms with Gasteiger partial charge in [-0.2, -0.15) is 23.4 Å². The summed E-state index contributed by atoms with van der Waals surface area (Å²) in [6.45, 7) is 6.34. The summed E-state index contributed by atoms with van der Waals surface area (Å²) < 4.78 is 40.1. The van der Waals surface area contributed by atoms with Crippen LogP contribution in [-0.2, 0) is 11.6 Å². The van der Waals surface area contributed by atoms with Gasteiger partial charge in [0.1, 0.15) is 5.82 Å². The van der Waals surface area contributed by atoms with Crippen LogP contribution in [0.15, 0.2) is 61.1 Å². The molecule has 5 nitrogen and oxygen atoms in total. The summed E-state index contributed by atoms with van der Waals surface area (Å²) in [5, 5.41) is 12.0. The van der Waals surface area contributed by atoms with Gasteiger partial charge in [0, 0.05) is 23.3 Å². The number of halogens is 3. The predicted molar refractivity (Wildman–Crippen MR) is 114 cm³/mol. The summed E-state index contributed by atoms with van der Waals surface area (Å²) in [7, 11) is 0. The van der Waals surface area contributed by atoms with Crippen molar-refractivity contribution in [3.05, 3.63) is 72.2 Å². The maximum atomic E-state index is 13.4. The standard InChI is InChI=1S/C23H20F3N5/c1-22(2,3)15-7-9-20(28-12-15)30-19-13-29-31-18-11-14(6-8-16(18)19)21-17(23(24,25)26)5-4-10-27-21/h4-13H,1-3H3,(H,28,30,31). The fourth-order valence-electron chi connectivity index (χ4n) is 3.22. The van der Waals surface area contributed by atoms with E-state index in [9.17, 15) is 13.2 Å². The topological polar surface area (TPSA) is 63.6 Å². The number of anilines is 2. The molecule has 0 amide bonds. The lowest BCUT2D eigenvalue weighted by molar-refractivity contribution is -0.137. The number of benzene rings is 1. The molecule has 31 heavy (non-hydrogen) atoms. The van der Waals surface area contributed by atoms with E-state index in [0.717, 1.165) is 11.6 Å². The Morgan fingerprint density at radius 2 is 1.71 bits per heavy atom. The Morgan fingerprint density at radius 1 is 0.903 bits per heavy atom. The van der Waals surface area contributed by atoms with Gasteiger partial charge in [-0.3, -0.25) is 4.98 Å². The molecule has 0 spiro atoms. The third kappa shape index (κ3) is 4.33. The number of rotatable bonds is 3. The fourth-order valence-corrected chi connectivity index (χ4v) is 3.22. The van der Waals surface area contributed by atoms with E-state index in [-0.39, 0.29) is 11.1 Å². The summed E-state index contributed by atoms with van der Waals surface area (Å²) in [5.74, 6) is 0.635. The maximum absolute atomic E-state index is 13.4. The molecule has 0 aliphatic rings. The van der Waals surface area contributed by atoms with Crippen LogP contribution in [0, 0.1) is 0 Å². The van der Waals surface area contributed by atoms with Gasteiger partial charge in [-0.1, -0.05) is 32.9 Å². The molecule has 0 saturated carbocycles. The number of hydrogen-bond acceptors (Lipinski definition) is 5. The molecule has 0 unspecified atom stereocenters. The Balaban J connectivity index is 1.70. The van der Waals surface area contributed by atoms with Crippen LogP contribution < -0.4 is 5.32 Å². The van der Waals surface area contributed by atoms with E-state index in [1.165, 1.54) is 12.3 Å². The van der Waals surface area contributed by atoms with E-state index in [0.29, 0.717) is 28.0 Å². The molecule has 0 atom stereocenters. The van der Waals surface area contributed by atoms with Crippen molar-refractivity contribution in [3.8, 4) is 11.3 Å². The zero-order chi connectivity index (χ0) is 22.2. The van der Waals surface area contributed by atoms with Crippen molar-refractivity contribution in [2.45, 2.75) is 32.4 Å².